The molecule has 1 N–H and O–H groups in total. The number of aryl methyl sites for hydroxylation is 3. The van der Waals surface area contributed by atoms with Crippen LogP contribution in [0.1, 0.15) is 29.5 Å². The number of benzene rings is 1. The molecule has 1 aromatic rings. The van der Waals surface area contributed by atoms with Crippen LogP contribution >= 0.6 is 0 Å². The van der Waals surface area contributed by atoms with Crippen LogP contribution in [0.15, 0.2) is 12.1 Å². The van der Waals surface area contributed by atoms with Crippen molar-refractivity contribution >= 4 is 11.7 Å². The molecule has 18 heavy (non-hydrogen) atoms. The average Bonchev–Trinajstić information content (AvgIpc) is 2.11. The molecule has 1 aliphatic carbocycles. The minimum atomic E-state index is -0.656. The van der Waals surface area contributed by atoms with Gasteiger partial charge in [0.05, 0.1) is 5.92 Å². The van der Waals surface area contributed by atoms with Gasteiger partial charge in [0.2, 0.25) is 0 Å². The third kappa shape index (κ3) is 2.22. The molecule has 0 spiro atoms. The number of nitrogens with zero attached hydrogens (tertiary/aromatic N) is 1. The van der Waals surface area contributed by atoms with Gasteiger partial charge in [-0.05, 0) is 44.7 Å². The molecule has 1 aromatic carbocycles. The number of carboxylic acids is 1. The van der Waals surface area contributed by atoms with Crippen LogP contribution in [-0.4, -0.2) is 24.2 Å². The molecule has 1 aliphatic rings. The highest BCUT2D eigenvalue weighted by Gasteiger charge is 2.37. The van der Waals surface area contributed by atoms with Gasteiger partial charge in [0.15, 0.2) is 0 Å². The fourth-order valence-electron chi connectivity index (χ4n) is 3.02. The lowest BCUT2D eigenvalue weighted by atomic mass is 9.79. The molecule has 0 heterocycles. The minimum Gasteiger partial charge on any atom is -0.481 e. The van der Waals surface area contributed by atoms with Crippen molar-refractivity contribution in [2.75, 3.05) is 11.9 Å². The monoisotopic (exact) mass is 247 g/mol. The summed E-state index contributed by atoms with van der Waals surface area (Å²) >= 11 is 0. The normalized spacial score (nSPS) is 22.4. The Balaban J connectivity index is 2.16. The largest absolute Gasteiger partial charge is 0.481 e. The Labute approximate surface area is 108 Å². The SMILES string of the molecule is Cc1cc(C)c(N(C)C2CC(C(=O)O)C2)c(C)c1. The van der Waals surface area contributed by atoms with E-state index in [4.69, 9.17) is 5.11 Å². The van der Waals surface area contributed by atoms with E-state index in [2.05, 4.69) is 44.9 Å². The number of carbonyl (C=O) groups is 1. The number of hydrogen-bond donors (Lipinski definition) is 1. The van der Waals surface area contributed by atoms with Crippen molar-refractivity contribution in [3.05, 3.63) is 28.8 Å². The number of aliphatic carboxylic acids is 1. The third-order valence-electron chi connectivity index (χ3n) is 4.00. The third-order valence-corrected chi connectivity index (χ3v) is 4.00. The Hall–Kier alpha value is -1.51. The zero-order valence-corrected chi connectivity index (χ0v) is 11.5. The molecule has 3 nitrogen and oxygen atoms in total. The Bertz CT molecular complexity index is 452. The minimum absolute atomic E-state index is 0.150. The molecule has 2 rings (SSSR count). The first-order valence-electron chi connectivity index (χ1n) is 6.43. The van der Waals surface area contributed by atoms with Crippen LogP contribution in [0.4, 0.5) is 5.69 Å². The molecule has 0 amide bonds. The lowest BCUT2D eigenvalue weighted by Gasteiger charge is -2.41. The predicted octanol–water partition coefficient (Wildman–Crippen LogP) is 2.91. The second kappa shape index (κ2) is 4.63. The summed E-state index contributed by atoms with van der Waals surface area (Å²) < 4.78 is 0. The second-order valence-corrected chi connectivity index (χ2v) is 5.52. The van der Waals surface area contributed by atoms with E-state index in [1.54, 1.807) is 0 Å². The highest BCUT2D eigenvalue weighted by atomic mass is 16.4. The van der Waals surface area contributed by atoms with Crippen molar-refractivity contribution in [2.45, 2.75) is 39.7 Å². The Morgan fingerprint density at radius 1 is 1.22 bits per heavy atom. The van der Waals surface area contributed by atoms with Crippen molar-refractivity contribution in [1.29, 1.82) is 0 Å². The highest BCUT2D eigenvalue weighted by molar-refractivity contribution is 5.72. The van der Waals surface area contributed by atoms with Crippen molar-refractivity contribution in [1.82, 2.24) is 0 Å². The Morgan fingerprint density at radius 2 is 1.72 bits per heavy atom. The van der Waals surface area contributed by atoms with Crippen LogP contribution in [0.5, 0.6) is 0 Å². The van der Waals surface area contributed by atoms with Gasteiger partial charge in [0.1, 0.15) is 0 Å². The van der Waals surface area contributed by atoms with Gasteiger partial charge in [-0.15, -0.1) is 0 Å². The van der Waals surface area contributed by atoms with E-state index in [-0.39, 0.29) is 5.92 Å². The number of rotatable bonds is 3. The van der Waals surface area contributed by atoms with E-state index in [9.17, 15) is 4.79 Å². The van der Waals surface area contributed by atoms with Crippen LogP contribution in [0, 0.1) is 26.7 Å². The van der Waals surface area contributed by atoms with Crippen molar-refractivity contribution < 1.29 is 9.90 Å². The highest BCUT2D eigenvalue weighted by Crippen LogP contribution is 2.36. The molecular weight excluding hydrogens is 226 g/mol. The Kier molecular flexibility index (Phi) is 3.33. The zero-order valence-electron chi connectivity index (χ0n) is 11.5. The smallest absolute Gasteiger partial charge is 0.306 e. The van der Waals surface area contributed by atoms with Crippen molar-refractivity contribution in [2.24, 2.45) is 5.92 Å². The average molecular weight is 247 g/mol. The molecule has 0 saturated heterocycles. The van der Waals surface area contributed by atoms with Crippen molar-refractivity contribution in [3.8, 4) is 0 Å². The standard InChI is InChI=1S/C15H21NO2/c1-9-5-10(2)14(11(3)6-9)16(4)13-7-12(8-13)15(17)18/h5-6,12-13H,7-8H2,1-4H3,(H,17,18). The van der Waals surface area contributed by atoms with E-state index >= 15 is 0 Å². The summed E-state index contributed by atoms with van der Waals surface area (Å²) in [7, 11) is 2.08. The van der Waals surface area contributed by atoms with E-state index in [0.717, 1.165) is 12.8 Å². The first kappa shape index (κ1) is 12.9. The van der Waals surface area contributed by atoms with E-state index in [1.807, 2.05) is 0 Å². The van der Waals surface area contributed by atoms with Gasteiger partial charge in [0.25, 0.3) is 0 Å². The fourth-order valence-corrected chi connectivity index (χ4v) is 3.02. The maximum Gasteiger partial charge on any atom is 0.306 e. The molecule has 98 valence electrons. The first-order chi connectivity index (χ1) is 8.40. The first-order valence-corrected chi connectivity index (χ1v) is 6.43. The van der Waals surface area contributed by atoms with Gasteiger partial charge < -0.3 is 10.0 Å². The van der Waals surface area contributed by atoms with Crippen LogP contribution in [0.3, 0.4) is 0 Å². The summed E-state index contributed by atoms with van der Waals surface area (Å²) in [5.41, 5.74) is 5.08. The Morgan fingerprint density at radius 3 is 2.17 bits per heavy atom. The van der Waals surface area contributed by atoms with Crippen LogP contribution in [-0.2, 0) is 4.79 Å². The van der Waals surface area contributed by atoms with Gasteiger partial charge >= 0.3 is 5.97 Å². The fraction of sp³-hybridized carbons (Fsp3) is 0.533. The summed E-state index contributed by atoms with van der Waals surface area (Å²) in [6, 6.07) is 4.74. The van der Waals surface area contributed by atoms with Gasteiger partial charge in [-0.2, -0.15) is 0 Å². The van der Waals surface area contributed by atoms with Crippen LogP contribution in [0.25, 0.3) is 0 Å². The van der Waals surface area contributed by atoms with E-state index in [1.165, 1.54) is 22.4 Å². The van der Waals surface area contributed by atoms with E-state index in [0.29, 0.717) is 6.04 Å². The summed E-state index contributed by atoms with van der Waals surface area (Å²) in [5.74, 6) is -0.805. The molecule has 0 radical (unpaired) electrons. The lowest BCUT2D eigenvalue weighted by molar-refractivity contribution is -0.145. The van der Waals surface area contributed by atoms with Crippen LogP contribution < -0.4 is 4.90 Å². The van der Waals surface area contributed by atoms with Gasteiger partial charge in [0, 0.05) is 18.8 Å². The maximum absolute atomic E-state index is 10.8. The number of hydrogen-bond acceptors (Lipinski definition) is 2. The summed E-state index contributed by atoms with van der Waals surface area (Å²) in [6.45, 7) is 6.35. The molecule has 0 aromatic heterocycles. The molecule has 1 fully saturated rings. The molecule has 0 aliphatic heterocycles. The van der Waals surface area contributed by atoms with Gasteiger partial charge in [-0.25, -0.2) is 0 Å². The summed E-state index contributed by atoms with van der Waals surface area (Å²) in [6.07, 6.45) is 1.52. The van der Waals surface area contributed by atoms with Gasteiger partial charge in [-0.1, -0.05) is 17.7 Å². The van der Waals surface area contributed by atoms with Crippen LogP contribution in [0.2, 0.25) is 0 Å². The molecule has 0 bridgehead atoms. The zero-order chi connectivity index (χ0) is 13.4. The van der Waals surface area contributed by atoms with E-state index < -0.39 is 5.97 Å². The van der Waals surface area contributed by atoms with Crippen molar-refractivity contribution in [3.63, 3.8) is 0 Å². The summed E-state index contributed by atoms with van der Waals surface area (Å²) in [4.78, 5) is 13.1. The van der Waals surface area contributed by atoms with Gasteiger partial charge in [-0.3, -0.25) is 4.79 Å². The second-order valence-electron chi connectivity index (χ2n) is 5.52. The quantitative estimate of drug-likeness (QED) is 0.892. The molecular formula is C15H21NO2. The number of anilines is 1. The predicted molar refractivity (Wildman–Crippen MR) is 73.2 cm³/mol. The summed E-state index contributed by atoms with van der Waals surface area (Å²) in [5, 5.41) is 8.93. The molecule has 0 unspecified atom stereocenters. The molecule has 3 heteroatoms. The lowest BCUT2D eigenvalue weighted by Crippen LogP contribution is -2.45. The molecule has 1 saturated carbocycles. The number of carboxylic acid groups (broad SMARTS) is 1. The topological polar surface area (TPSA) is 40.5 Å². The maximum atomic E-state index is 10.8. The molecule has 0 atom stereocenters.